The smallest absolute Gasteiger partial charge is 0.306 e. The molecule has 0 saturated heterocycles. The highest BCUT2D eigenvalue weighted by Crippen LogP contribution is 2.38. The molecule has 10 heteroatoms. The predicted octanol–water partition coefficient (Wildman–Crippen LogP) is 15.3. The molecule has 0 fully saturated rings. The maximum absolute atomic E-state index is 12.7. The third-order valence-corrected chi connectivity index (χ3v) is 11.9. The molecule has 2 unspecified atom stereocenters. The fourth-order valence-electron chi connectivity index (χ4n) is 6.84. The lowest BCUT2D eigenvalue weighted by Gasteiger charge is -2.28. The number of nitrogens with zero attached hydrogens (tertiary/aromatic N) is 1. The van der Waals surface area contributed by atoms with Crippen LogP contribution in [-0.4, -0.2) is 70.0 Å². The fourth-order valence-corrected chi connectivity index (χ4v) is 7.57. The highest BCUT2D eigenvalue weighted by Gasteiger charge is 2.21. The van der Waals surface area contributed by atoms with Gasteiger partial charge in [0.2, 0.25) is 0 Å². The monoisotopic (exact) mass is 944 g/mol. The van der Waals surface area contributed by atoms with Crippen LogP contribution in [0, 0.1) is 0 Å². The summed E-state index contributed by atoms with van der Waals surface area (Å²) in [6.07, 6.45) is 62.0. The van der Waals surface area contributed by atoms with Gasteiger partial charge in [0, 0.05) is 12.8 Å². The van der Waals surface area contributed by atoms with E-state index in [1.807, 2.05) is 27.2 Å². The van der Waals surface area contributed by atoms with Crippen molar-refractivity contribution in [3.05, 3.63) is 85.1 Å². The van der Waals surface area contributed by atoms with E-state index in [4.69, 9.17) is 18.5 Å². The van der Waals surface area contributed by atoms with E-state index in [2.05, 4.69) is 92.8 Å². The number of esters is 2. The van der Waals surface area contributed by atoms with Gasteiger partial charge in [-0.05, 0) is 83.5 Å². The maximum atomic E-state index is 12.7. The van der Waals surface area contributed by atoms with E-state index < -0.39 is 32.5 Å². The van der Waals surface area contributed by atoms with Crippen LogP contribution in [0.2, 0.25) is 0 Å². The standard InChI is InChI=1S/C56H98NO8P/c1-6-8-10-12-14-16-18-20-22-24-25-26-27-28-29-30-31-33-34-36-38-40-42-44-46-48-55(58)62-52-54(53-64-66(60,61)63-51-50-57(3,4)5)65-56(59)49-47-45-43-41-39-37-35-32-23-21-19-17-15-13-11-9-7-2/h9,11,15,17-18,20-21,23-25,35,37,41,43,54H,6-8,10,12-14,16,19,22,26-34,36,38-40,42,44-53H2,1-5H3/b11-9-,17-15-,20-18-,23-21-,25-24-,37-35-,43-41-. The van der Waals surface area contributed by atoms with Crippen molar-refractivity contribution >= 4 is 19.8 Å². The van der Waals surface area contributed by atoms with Crippen molar-refractivity contribution in [2.45, 2.75) is 213 Å². The number of rotatable bonds is 47. The van der Waals surface area contributed by atoms with Gasteiger partial charge in [-0.3, -0.25) is 14.2 Å². The van der Waals surface area contributed by atoms with Gasteiger partial charge in [-0.25, -0.2) is 0 Å². The summed E-state index contributed by atoms with van der Waals surface area (Å²) in [4.78, 5) is 37.7. The molecule has 0 aliphatic heterocycles. The molecule has 2 atom stereocenters. The summed E-state index contributed by atoms with van der Waals surface area (Å²) in [5, 5.41) is 0. The Morgan fingerprint density at radius 1 is 0.485 bits per heavy atom. The number of phosphoric acid groups is 1. The van der Waals surface area contributed by atoms with Crippen molar-refractivity contribution in [2.24, 2.45) is 0 Å². The Bertz CT molecular complexity index is 1390. The number of quaternary nitrogens is 1. The number of ether oxygens (including phenoxy) is 2. The van der Waals surface area contributed by atoms with Crippen molar-refractivity contribution in [1.82, 2.24) is 0 Å². The van der Waals surface area contributed by atoms with Crippen LogP contribution in [0.3, 0.4) is 0 Å². The Labute approximate surface area is 405 Å². The number of phosphoric ester groups is 1. The summed E-state index contributed by atoms with van der Waals surface area (Å²) >= 11 is 0. The molecule has 0 rings (SSSR count). The summed E-state index contributed by atoms with van der Waals surface area (Å²) in [5.74, 6) is -0.906. The Morgan fingerprint density at radius 3 is 1.33 bits per heavy atom. The van der Waals surface area contributed by atoms with Crippen LogP contribution in [0.25, 0.3) is 0 Å². The molecule has 0 spiro atoms. The third-order valence-electron chi connectivity index (χ3n) is 10.9. The molecule has 0 aromatic heterocycles. The molecule has 0 radical (unpaired) electrons. The van der Waals surface area contributed by atoms with E-state index >= 15 is 0 Å². The summed E-state index contributed by atoms with van der Waals surface area (Å²) in [7, 11) is 1.12. The molecule has 0 aliphatic carbocycles. The first-order chi connectivity index (χ1) is 32.0. The van der Waals surface area contributed by atoms with E-state index in [-0.39, 0.29) is 26.1 Å². The molecule has 380 valence electrons. The molecule has 0 aromatic rings. The first kappa shape index (κ1) is 63.2. The zero-order valence-corrected chi connectivity index (χ0v) is 43.8. The van der Waals surface area contributed by atoms with Crippen LogP contribution in [0.5, 0.6) is 0 Å². The van der Waals surface area contributed by atoms with Crippen molar-refractivity contribution in [3.63, 3.8) is 0 Å². The molecule has 66 heavy (non-hydrogen) atoms. The lowest BCUT2D eigenvalue weighted by Crippen LogP contribution is -2.37. The van der Waals surface area contributed by atoms with Crippen molar-refractivity contribution in [3.8, 4) is 0 Å². The largest absolute Gasteiger partial charge is 0.756 e. The van der Waals surface area contributed by atoms with Crippen molar-refractivity contribution < 1.29 is 42.1 Å². The van der Waals surface area contributed by atoms with E-state index in [1.165, 1.54) is 109 Å². The quantitative estimate of drug-likeness (QED) is 0.0195. The summed E-state index contributed by atoms with van der Waals surface area (Å²) in [6.45, 7) is 4.04. The first-order valence-electron chi connectivity index (χ1n) is 26.3. The van der Waals surface area contributed by atoms with Crippen LogP contribution < -0.4 is 4.89 Å². The first-order valence-corrected chi connectivity index (χ1v) is 27.8. The lowest BCUT2D eigenvalue weighted by molar-refractivity contribution is -0.870. The fraction of sp³-hybridized carbons (Fsp3) is 0.714. The number of unbranched alkanes of at least 4 members (excludes halogenated alkanes) is 19. The number of allylic oxidation sites excluding steroid dienone is 14. The molecule has 0 aromatic carbocycles. The molecule has 0 heterocycles. The molecular formula is C56H98NO8P. The number of hydrogen-bond acceptors (Lipinski definition) is 8. The third kappa shape index (κ3) is 50.6. The van der Waals surface area contributed by atoms with Gasteiger partial charge in [0.1, 0.15) is 19.8 Å². The Kier molecular flexibility index (Phi) is 45.3. The number of carbonyl (C=O) groups is 2. The van der Waals surface area contributed by atoms with E-state index in [1.54, 1.807) is 0 Å². The second kappa shape index (κ2) is 47.3. The van der Waals surface area contributed by atoms with Crippen molar-refractivity contribution in [1.29, 1.82) is 0 Å². The van der Waals surface area contributed by atoms with Gasteiger partial charge in [0.15, 0.2) is 6.10 Å². The highest BCUT2D eigenvalue weighted by atomic mass is 31.2. The number of likely N-dealkylation sites (N-methyl/N-ethyl adjacent to an activating group) is 1. The minimum Gasteiger partial charge on any atom is -0.756 e. The van der Waals surface area contributed by atoms with E-state index in [0.29, 0.717) is 23.9 Å². The van der Waals surface area contributed by atoms with E-state index in [9.17, 15) is 19.0 Å². The molecule has 0 amide bonds. The van der Waals surface area contributed by atoms with Gasteiger partial charge >= 0.3 is 11.9 Å². The number of carbonyl (C=O) groups excluding carboxylic acids is 2. The van der Waals surface area contributed by atoms with Gasteiger partial charge < -0.3 is 27.9 Å². The Hall–Kier alpha value is -2.81. The minimum absolute atomic E-state index is 0.0453. The SMILES string of the molecule is CC/C=C\C/C=C\C/C=C\C/C=C\C/C=C\CCCC(=O)OC(COC(=O)CCCCCCCCCCCCCCC/C=C\C/C=C\CCCCCCC)COP(=O)([O-])OCC[N+](C)(C)C. The lowest BCUT2D eigenvalue weighted by atomic mass is 10.0. The van der Waals surface area contributed by atoms with Gasteiger partial charge in [0.25, 0.3) is 7.82 Å². The summed E-state index contributed by atoms with van der Waals surface area (Å²) in [6, 6.07) is 0. The normalized spacial score (nSPS) is 14.1. The van der Waals surface area contributed by atoms with Crippen LogP contribution >= 0.6 is 7.82 Å². The molecule has 0 bridgehead atoms. The Morgan fingerprint density at radius 2 is 0.879 bits per heavy atom. The average molecular weight is 944 g/mol. The summed E-state index contributed by atoms with van der Waals surface area (Å²) < 4.78 is 34.0. The molecule has 9 nitrogen and oxygen atoms in total. The van der Waals surface area contributed by atoms with Gasteiger partial charge in [-0.15, -0.1) is 0 Å². The second-order valence-electron chi connectivity index (χ2n) is 18.5. The Balaban J connectivity index is 4.26. The van der Waals surface area contributed by atoms with Crippen LogP contribution in [0.1, 0.15) is 206 Å². The van der Waals surface area contributed by atoms with Gasteiger partial charge in [-0.2, -0.15) is 0 Å². The van der Waals surface area contributed by atoms with Crippen molar-refractivity contribution in [2.75, 3.05) is 47.5 Å². The van der Waals surface area contributed by atoms with Crippen LogP contribution in [0.4, 0.5) is 0 Å². The highest BCUT2D eigenvalue weighted by molar-refractivity contribution is 7.45. The van der Waals surface area contributed by atoms with E-state index in [0.717, 1.165) is 57.8 Å². The molecular weight excluding hydrogens is 846 g/mol. The van der Waals surface area contributed by atoms with Gasteiger partial charge in [-0.1, -0.05) is 195 Å². The minimum atomic E-state index is -4.65. The molecule has 0 N–H and O–H groups in total. The van der Waals surface area contributed by atoms with Crippen LogP contribution in [0.15, 0.2) is 85.1 Å². The molecule has 0 saturated carbocycles. The zero-order chi connectivity index (χ0) is 48.5. The second-order valence-corrected chi connectivity index (χ2v) is 19.9. The molecule has 0 aliphatic rings. The topological polar surface area (TPSA) is 111 Å². The number of hydrogen-bond donors (Lipinski definition) is 0. The zero-order valence-electron chi connectivity index (χ0n) is 42.9. The van der Waals surface area contributed by atoms with Gasteiger partial charge in [0.05, 0.1) is 27.7 Å². The average Bonchev–Trinajstić information content (AvgIpc) is 3.27. The predicted molar refractivity (Wildman–Crippen MR) is 277 cm³/mol. The van der Waals surface area contributed by atoms with Crippen LogP contribution in [-0.2, 0) is 32.7 Å². The maximum Gasteiger partial charge on any atom is 0.306 e. The summed E-state index contributed by atoms with van der Waals surface area (Å²) in [5.41, 5.74) is 0.